The SMILES string of the molecule is Cl.Cl.NC1CCC(C(=O)Nc2ncccc2OCC2CCCCC2)C1. The molecule has 2 atom stereocenters. The van der Waals surface area contributed by atoms with Gasteiger partial charge in [0, 0.05) is 18.2 Å². The van der Waals surface area contributed by atoms with Gasteiger partial charge in [0.05, 0.1) is 6.61 Å². The summed E-state index contributed by atoms with van der Waals surface area (Å²) in [4.78, 5) is 16.6. The van der Waals surface area contributed by atoms with Crippen molar-refractivity contribution in [1.29, 1.82) is 0 Å². The molecule has 0 spiro atoms. The van der Waals surface area contributed by atoms with Gasteiger partial charge in [0.1, 0.15) is 0 Å². The molecule has 1 amide bonds. The minimum Gasteiger partial charge on any atom is -0.489 e. The van der Waals surface area contributed by atoms with E-state index in [0.29, 0.717) is 24.1 Å². The maximum absolute atomic E-state index is 12.4. The third-order valence-electron chi connectivity index (χ3n) is 5.06. The Morgan fingerprint density at radius 3 is 2.64 bits per heavy atom. The summed E-state index contributed by atoms with van der Waals surface area (Å²) < 4.78 is 5.96. The molecule has 0 aromatic carbocycles. The molecule has 5 nitrogen and oxygen atoms in total. The third kappa shape index (κ3) is 6.32. The summed E-state index contributed by atoms with van der Waals surface area (Å²) in [7, 11) is 0. The van der Waals surface area contributed by atoms with Gasteiger partial charge in [-0.15, -0.1) is 24.8 Å². The molecule has 2 aliphatic carbocycles. The van der Waals surface area contributed by atoms with E-state index in [2.05, 4.69) is 10.3 Å². The second-order valence-electron chi connectivity index (χ2n) is 6.92. The molecule has 2 fully saturated rings. The summed E-state index contributed by atoms with van der Waals surface area (Å²) in [6.07, 6.45) is 10.6. The number of carbonyl (C=O) groups is 1. The van der Waals surface area contributed by atoms with Crippen LogP contribution in [0.4, 0.5) is 5.82 Å². The monoisotopic (exact) mass is 389 g/mol. The number of rotatable bonds is 5. The molecule has 2 aliphatic rings. The smallest absolute Gasteiger partial charge is 0.228 e. The fourth-order valence-corrected chi connectivity index (χ4v) is 3.64. The Labute approximate surface area is 162 Å². The van der Waals surface area contributed by atoms with Gasteiger partial charge in [-0.2, -0.15) is 0 Å². The average Bonchev–Trinajstić information content (AvgIpc) is 3.02. The van der Waals surface area contributed by atoms with Crippen molar-refractivity contribution in [2.45, 2.75) is 57.4 Å². The standard InChI is InChI=1S/C18H27N3O2.2ClH/c19-15-9-8-14(11-15)18(22)21-17-16(7-4-10-20-17)23-12-13-5-2-1-3-6-13;;/h4,7,10,13-15H,1-3,5-6,8-9,11-12,19H2,(H,20,21,22);2*1H. The highest BCUT2D eigenvalue weighted by atomic mass is 35.5. The molecule has 0 radical (unpaired) electrons. The van der Waals surface area contributed by atoms with Gasteiger partial charge in [0.15, 0.2) is 11.6 Å². The van der Waals surface area contributed by atoms with Crippen molar-refractivity contribution >= 4 is 36.5 Å². The lowest BCUT2D eigenvalue weighted by Gasteiger charge is -2.22. The van der Waals surface area contributed by atoms with Crippen molar-refractivity contribution in [1.82, 2.24) is 4.98 Å². The number of hydrogen-bond acceptors (Lipinski definition) is 4. The molecule has 0 saturated heterocycles. The van der Waals surface area contributed by atoms with Gasteiger partial charge in [-0.25, -0.2) is 4.98 Å². The van der Waals surface area contributed by atoms with Gasteiger partial charge in [-0.3, -0.25) is 4.79 Å². The van der Waals surface area contributed by atoms with Crippen LogP contribution in [0.2, 0.25) is 0 Å². The summed E-state index contributed by atoms with van der Waals surface area (Å²) in [6, 6.07) is 3.87. The Hall–Kier alpha value is -1.04. The van der Waals surface area contributed by atoms with Crippen molar-refractivity contribution in [3.05, 3.63) is 18.3 Å². The Balaban J connectivity index is 0.00000156. The van der Waals surface area contributed by atoms with Gasteiger partial charge in [0.25, 0.3) is 0 Å². The topological polar surface area (TPSA) is 77.2 Å². The third-order valence-corrected chi connectivity index (χ3v) is 5.06. The Morgan fingerprint density at radius 1 is 1.20 bits per heavy atom. The molecule has 2 saturated carbocycles. The highest BCUT2D eigenvalue weighted by Crippen LogP contribution is 2.29. The molecular weight excluding hydrogens is 361 g/mol. The van der Waals surface area contributed by atoms with Crippen molar-refractivity contribution in [2.24, 2.45) is 17.6 Å². The molecule has 7 heteroatoms. The van der Waals surface area contributed by atoms with Crippen LogP contribution in [0.15, 0.2) is 18.3 Å². The number of nitrogens with two attached hydrogens (primary N) is 1. The van der Waals surface area contributed by atoms with Crippen LogP contribution in [0.1, 0.15) is 51.4 Å². The lowest BCUT2D eigenvalue weighted by molar-refractivity contribution is -0.119. The van der Waals surface area contributed by atoms with Crippen LogP contribution in [0.3, 0.4) is 0 Å². The van der Waals surface area contributed by atoms with Crippen LogP contribution in [-0.2, 0) is 4.79 Å². The van der Waals surface area contributed by atoms with Crippen LogP contribution < -0.4 is 15.8 Å². The van der Waals surface area contributed by atoms with E-state index in [0.717, 1.165) is 19.3 Å². The fraction of sp³-hybridized carbons (Fsp3) is 0.667. The van der Waals surface area contributed by atoms with E-state index in [4.69, 9.17) is 10.5 Å². The summed E-state index contributed by atoms with van der Waals surface area (Å²) in [6.45, 7) is 0.711. The number of nitrogens with one attached hydrogen (secondary N) is 1. The van der Waals surface area contributed by atoms with E-state index in [1.54, 1.807) is 6.20 Å². The molecule has 25 heavy (non-hydrogen) atoms. The van der Waals surface area contributed by atoms with Crippen LogP contribution in [0.25, 0.3) is 0 Å². The predicted molar refractivity (Wildman–Crippen MR) is 105 cm³/mol. The molecule has 1 heterocycles. The molecule has 1 aromatic heterocycles. The molecule has 0 bridgehead atoms. The first-order valence-corrected chi connectivity index (χ1v) is 8.86. The van der Waals surface area contributed by atoms with Crippen molar-refractivity contribution in [3.63, 3.8) is 0 Å². The number of aromatic nitrogens is 1. The summed E-state index contributed by atoms with van der Waals surface area (Å²) in [5.41, 5.74) is 5.90. The van der Waals surface area contributed by atoms with Gasteiger partial charge >= 0.3 is 0 Å². The fourth-order valence-electron chi connectivity index (χ4n) is 3.64. The molecule has 142 valence electrons. The normalized spacial score (nSPS) is 23.2. The molecular formula is C18H29Cl2N3O2. The number of pyridine rings is 1. The predicted octanol–water partition coefficient (Wildman–Crippen LogP) is 3.95. The number of halogens is 2. The van der Waals surface area contributed by atoms with E-state index in [9.17, 15) is 4.79 Å². The number of amides is 1. The highest BCUT2D eigenvalue weighted by molar-refractivity contribution is 5.93. The maximum Gasteiger partial charge on any atom is 0.228 e. The second kappa shape index (κ2) is 10.8. The number of nitrogens with zero attached hydrogens (tertiary/aromatic N) is 1. The first-order chi connectivity index (χ1) is 11.2. The van der Waals surface area contributed by atoms with Gasteiger partial charge < -0.3 is 15.8 Å². The van der Waals surface area contributed by atoms with E-state index >= 15 is 0 Å². The number of carbonyl (C=O) groups excluding carboxylic acids is 1. The maximum atomic E-state index is 12.4. The van der Waals surface area contributed by atoms with E-state index < -0.39 is 0 Å². The lowest BCUT2D eigenvalue weighted by Crippen LogP contribution is -2.24. The first kappa shape index (κ1) is 22.0. The van der Waals surface area contributed by atoms with Crippen LogP contribution >= 0.6 is 24.8 Å². The largest absolute Gasteiger partial charge is 0.489 e. The first-order valence-electron chi connectivity index (χ1n) is 8.86. The highest BCUT2D eigenvalue weighted by Gasteiger charge is 2.28. The zero-order chi connectivity index (χ0) is 16.1. The van der Waals surface area contributed by atoms with Gasteiger partial charge in [0.2, 0.25) is 5.91 Å². The Morgan fingerprint density at radius 2 is 1.96 bits per heavy atom. The van der Waals surface area contributed by atoms with Crippen LogP contribution in [-0.4, -0.2) is 23.5 Å². The lowest BCUT2D eigenvalue weighted by atomic mass is 9.90. The average molecular weight is 390 g/mol. The van der Waals surface area contributed by atoms with E-state index in [1.165, 1.54) is 32.1 Å². The molecule has 2 unspecified atom stereocenters. The van der Waals surface area contributed by atoms with Crippen molar-refractivity contribution in [3.8, 4) is 5.75 Å². The van der Waals surface area contributed by atoms with Gasteiger partial charge in [-0.1, -0.05) is 19.3 Å². The summed E-state index contributed by atoms with van der Waals surface area (Å²) >= 11 is 0. The van der Waals surface area contributed by atoms with Crippen molar-refractivity contribution in [2.75, 3.05) is 11.9 Å². The number of anilines is 1. The molecule has 3 rings (SSSR count). The Kier molecular flexibility index (Phi) is 9.54. The zero-order valence-electron chi connectivity index (χ0n) is 14.5. The molecule has 3 N–H and O–H groups in total. The Bertz CT molecular complexity index is 539. The minimum atomic E-state index is -0.00167. The van der Waals surface area contributed by atoms with E-state index in [-0.39, 0.29) is 42.7 Å². The number of ether oxygens (including phenoxy) is 1. The van der Waals surface area contributed by atoms with Crippen LogP contribution in [0, 0.1) is 11.8 Å². The van der Waals surface area contributed by atoms with Crippen molar-refractivity contribution < 1.29 is 9.53 Å². The van der Waals surface area contributed by atoms with Gasteiger partial charge in [-0.05, 0) is 50.2 Å². The second-order valence-corrected chi connectivity index (χ2v) is 6.92. The van der Waals surface area contributed by atoms with Crippen LogP contribution in [0.5, 0.6) is 5.75 Å². The molecule has 1 aromatic rings. The molecule has 0 aliphatic heterocycles. The quantitative estimate of drug-likeness (QED) is 0.798. The summed E-state index contributed by atoms with van der Waals surface area (Å²) in [5, 5.41) is 2.93. The van der Waals surface area contributed by atoms with E-state index in [1.807, 2.05) is 12.1 Å². The number of hydrogen-bond donors (Lipinski definition) is 2. The zero-order valence-corrected chi connectivity index (χ0v) is 16.1. The minimum absolute atomic E-state index is 0. The summed E-state index contributed by atoms with van der Waals surface area (Å²) in [5.74, 6) is 1.85.